The van der Waals surface area contributed by atoms with Crippen LogP contribution in [0.3, 0.4) is 0 Å². The molecule has 0 heterocycles. The molecule has 0 radical (unpaired) electrons. The molecule has 0 spiro atoms. The Balaban J connectivity index is 1.82. The highest BCUT2D eigenvalue weighted by molar-refractivity contribution is 5.74. The second kappa shape index (κ2) is 6.79. The minimum atomic E-state index is 0.629. The zero-order valence-electron chi connectivity index (χ0n) is 12.7. The number of hydrogen-bond acceptors (Lipinski definition) is 3. The van der Waals surface area contributed by atoms with Gasteiger partial charge in [-0.05, 0) is 59.7 Å². The first-order chi connectivity index (χ1) is 11.3. The van der Waals surface area contributed by atoms with Crippen LogP contribution in [0.5, 0.6) is 17.2 Å². The number of carbonyl (C=O) groups is 1. The van der Waals surface area contributed by atoms with Crippen LogP contribution in [-0.2, 0) is 0 Å². The number of hydrogen-bond donors (Lipinski definition) is 0. The highest BCUT2D eigenvalue weighted by atomic mass is 16.5. The van der Waals surface area contributed by atoms with Crippen molar-refractivity contribution in [3.63, 3.8) is 0 Å². The third-order valence-corrected chi connectivity index (χ3v) is 3.51. The van der Waals surface area contributed by atoms with Crippen LogP contribution in [0.4, 0.5) is 0 Å². The van der Waals surface area contributed by atoms with E-state index in [1.807, 2.05) is 48.5 Å². The fraction of sp³-hybridized carbons (Fsp3) is 0.0500. The molecule has 3 aromatic carbocycles. The lowest BCUT2D eigenvalue weighted by Gasteiger charge is -2.08. The van der Waals surface area contributed by atoms with Crippen molar-refractivity contribution in [2.45, 2.75) is 0 Å². The summed E-state index contributed by atoms with van der Waals surface area (Å²) in [6.07, 6.45) is 0.814. The molecule has 3 nitrogen and oxygen atoms in total. The van der Waals surface area contributed by atoms with Gasteiger partial charge in [0.25, 0.3) is 0 Å². The minimum absolute atomic E-state index is 0.629. The largest absolute Gasteiger partial charge is 0.497 e. The maximum atomic E-state index is 10.7. The van der Waals surface area contributed by atoms with Crippen LogP contribution in [0.1, 0.15) is 10.4 Å². The molecule has 0 aliphatic rings. The number of rotatable bonds is 5. The van der Waals surface area contributed by atoms with Crippen molar-refractivity contribution in [2.24, 2.45) is 0 Å². The van der Waals surface area contributed by atoms with Gasteiger partial charge in [0.2, 0.25) is 0 Å². The summed E-state index contributed by atoms with van der Waals surface area (Å²) in [5.74, 6) is 2.27. The molecule has 0 saturated heterocycles. The molecule has 0 bridgehead atoms. The third-order valence-electron chi connectivity index (χ3n) is 3.51. The number of aldehydes is 1. The van der Waals surface area contributed by atoms with Crippen LogP contribution in [0.25, 0.3) is 11.1 Å². The third kappa shape index (κ3) is 3.58. The van der Waals surface area contributed by atoms with Crippen LogP contribution >= 0.6 is 0 Å². The molecule has 0 saturated carbocycles. The fourth-order valence-corrected chi connectivity index (χ4v) is 2.27. The molecule has 0 N–H and O–H groups in total. The predicted molar refractivity (Wildman–Crippen MR) is 90.3 cm³/mol. The molecule has 3 rings (SSSR count). The average Bonchev–Trinajstić information content (AvgIpc) is 2.63. The monoisotopic (exact) mass is 304 g/mol. The summed E-state index contributed by atoms with van der Waals surface area (Å²) in [6, 6.07) is 22.8. The van der Waals surface area contributed by atoms with Crippen molar-refractivity contribution in [2.75, 3.05) is 7.11 Å². The maximum Gasteiger partial charge on any atom is 0.150 e. The van der Waals surface area contributed by atoms with Crippen molar-refractivity contribution < 1.29 is 14.3 Å². The molecule has 0 atom stereocenters. The van der Waals surface area contributed by atoms with Gasteiger partial charge in [0.15, 0.2) is 0 Å². The van der Waals surface area contributed by atoms with Gasteiger partial charge in [-0.2, -0.15) is 0 Å². The first-order valence-electron chi connectivity index (χ1n) is 7.26. The van der Waals surface area contributed by atoms with Crippen LogP contribution < -0.4 is 9.47 Å². The molecule has 0 aromatic heterocycles. The summed E-state index contributed by atoms with van der Waals surface area (Å²) in [5.41, 5.74) is 2.78. The van der Waals surface area contributed by atoms with Crippen LogP contribution in [0.2, 0.25) is 0 Å². The van der Waals surface area contributed by atoms with Gasteiger partial charge in [-0.15, -0.1) is 0 Å². The summed E-state index contributed by atoms with van der Waals surface area (Å²) < 4.78 is 11.0. The highest BCUT2D eigenvalue weighted by Crippen LogP contribution is 2.28. The lowest BCUT2D eigenvalue weighted by Crippen LogP contribution is -1.87. The van der Waals surface area contributed by atoms with E-state index in [-0.39, 0.29) is 0 Å². The van der Waals surface area contributed by atoms with Gasteiger partial charge in [-0.25, -0.2) is 0 Å². The molecule has 0 amide bonds. The highest BCUT2D eigenvalue weighted by Gasteiger charge is 2.02. The molecule has 114 valence electrons. The van der Waals surface area contributed by atoms with Gasteiger partial charge in [-0.3, -0.25) is 4.79 Å². The van der Waals surface area contributed by atoms with Crippen molar-refractivity contribution in [1.29, 1.82) is 0 Å². The van der Waals surface area contributed by atoms with Crippen LogP contribution in [0.15, 0.2) is 72.8 Å². The average molecular weight is 304 g/mol. The van der Waals surface area contributed by atoms with Gasteiger partial charge >= 0.3 is 0 Å². The number of ether oxygens (including phenoxy) is 2. The Hall–Kier alpha value is -3.07. The molecule has 0 aliphatic carbocycles. The Morgan fingerprint density at radius 2 is 1.43 bits per heavy atom. The summed E-state index contributed by atoms with van der Waals surface area (Å²) in [4.78, 5) is 10.7. The first-order valence-corrected chi connectivity index (χ1v) is 7.26. The second-order valence-electron chi connectivity index (χ2n) is 5.05. The summed E-state index contributed by atoms with van der Waals surface area (Å²) in [6.45, 7) is 0. The number of benzene rings is 3. The van der Waals surface area contributed by atoms with E-state index in [0.717, 1.165) is 28.9 Å². The Morgan fingerprint density at radius 1 is 0.739 bits per heavy atom. The normalized spacial score (nSPS) is 10.1. The van der Waals surface area contributed by atoms with E-state index in [1.54, 1.807) is 31.4 Å². The lowest BCUT2D eigenvalue weighted by atomic mass is 10.1. The topological polar surface area (TPSA) is 35.5 Å². The van der Waals surface area contributed by atoms with Gasteiger partial charge in [0.05, 0.1) is 7.11 Å². The molecular formula is C20H16O3. The van der Waals surface area contributed by atoms with Crippen LogP contribution in [0, 0.1) is 0 Å². The van der Waals surface area contributed by atoms with Crippen LogP contribution in [-0.4, -0.2) is 13.4 Å². The summed E-state index contributed by atoms with van der Waals surface area (Å²) in [7, 11) is 1.65. The lowest BCUT2D eigenvalue weighted by molar-refractivity contribution is 0.112. The molecule has 0 fully saturated rings. The van der Waals surface area contributed by atoms with E-state index in [2.05, 4.69) is 0 Å². The van der Waals surface area contributed by atoms with Crippen molar-refractivity contribution in [1.82, 2.24) is 0 Å². The zero-order chi connectivity index (χ0) is 16.1. The van der Waals surface area contributed by atoms with E-state index >= 15 is 0 Å². The zero-order valence-corrected chi connectivity index (χ0v) is 12.7. The Morgan fingerprint density at radius 3 is 2.09 bits per heavy atom. The van der Waals surface area contributed by atoms with E-state index < -0.39 is 0 Å². The Bertz CT molecular complexity index is 790. The fourth-order valence-electron chi connectivity index (χ4n) is 2.27. The van der Waals surface area contributed by atoms with Crippen molar-refractivity contribution in [3.05, 3.63) is 78.4 Å². The van der Waals surface area contributed by atoms with Gasteiger partial charge < -0.3 is 9.47 Å². The van der Waals surface area contributed by atoms with E-state index in [9.17, 15) is 4.79 Å². The molecule has 3 heteroatoms. The van der Waals surface area contributed by atoms with Crippen molar-refractivity contribution >= 4 is 6.29 Å². The Labute approximate surface area is 135 Å². The Kier molecular flexibility index (Phi) is 4.39. The number of methoxy groups -OCH3 is 1. The predicted octanol–water partition coefficient (Wildman–Crippen LogP) is 4.97. The maximum absolute atomic E-state index is 10.7. The van der Waals surface area contributed by atoms with Crippen molar-refractivity contribution in [3.8, 4) is 28.4 Å². The van der Waals surface area contributed by atoms with Gasteiger partial charge in [-0.1, -0.05) is 24.3 Å². The second-order valence-corrected chi connectivity index (χ2v) is 5.05. The minimum Gasteiger partial charge on any atom is -0.497 e. The van der Waals surface area contributed by atoms with E-state index in [4.69, 9.17) is 9.47 Å². The molecule has 23 heavy (non-hydrogen) atoms. The summed E-state index contributed by atoms with van der Waals surface area (Å²) >= 11 is 0. The van der Waals surface area contributed by atoms with Gasteiger partial charge in [0, 0.05) is 5.56 Å². The van der Waals surface area contributed by atoms with E-state index in [0.29, 0.717) is 11.3 Å². The smallest absolute Gasteiger partial charge is 0.150 e. The molecule has 3 aromatic rings. The standard InChI is InChI=1S/C20H16O3/c1-22-18-11-7-16(8-12-18)17-3-2-4-20(13-17)23-19-9-5-15(14-21)6-10-19/h2-14H,1H3. The molecule has 0 aliphatic heterocycles. The van der Waals surface area contributed by atoms with Gasteiger partial charge in [0.1, 0.15) is 23.5 Å². The molecular weight excluding hydrogens is 288 g/mol. The SMILES string of the molecule is COc1ccc(-c2cccc(Oc3ccc(C=O)cc3)c2)cc1. The van der Waals surface area contributed by atoms with E-state index in [1.165, 1.54) is 0 Å². The quantitative estimate of drug-likeness (QED) is 0.624. The first kappa shape index (κ1) is 14.9. The number of carbonyl (C=O) groups excluding carboxylic acids is 1. The summed E-state index contributed by atoms with van der Waals surface area (Å²) in [5, 5.41) is 0. The molecule has 0 unspecified atom stereocenters.